The van der Waals surface area contributed by atoms with Crippen molar-refractivity contribution in [3.63, 3.8) is 0 Å². The fourth-order valence-electron chi connectivity index (χ4n) is 2.73. The van der Waals surface area contributed by atoms with Crippen LogP contribution in [0.4, 0.5) is 4.79 Å². The van der Waals surface area contributed by atoms with Gasteiger partial charge in [0.2, 0.25) is 0 Å². The second-order valence-electron chi connectivity index (χ2n) is 6.94. The quantitative estimate of drug-likeness (QED) is 0.738. The molecule has 3 amide bonds. The van der Waals surface area contributed by atoms with Gasteiger partial charge >= 0.3 is 6.03 Å². The lowest BCUT2D eigenvalue weighted by Gasteiger charge is -2.26. The summed E-state index contributed by atoms with van der Waals surface area (Å²) in [5, 5.41) is 15.3. The minimum atomic E-state index is -0.905. The molecule has 2 rings (SSSR count). The monoisotopic (exact) mass is 347 g/mol. The first-order valence-corrected chi connectivity index (χ1v) is 9.03. The number of urea groups is 1. The molecule has 1 aromatic rings. The Hall–Kier alpha value is -2.08. The summed E-state index contributed by atoms with van der Waals surface area (Å²) in [7, 11) is 0. The van der Waals surface area contributed by atoms with Gasteiger partial charge in [-0.2, -0.15) is 0 Å². The number of hydrogen-bond donors (Lipinski definition) is 3. The first kappa shape index (κ1) is 19.2. The van der Waals surface area contributed by atoms with Crippen molar-refractivity contribution in [1.82, 2.24) is 15.5 Å². The van der Waals surface area contributed by atoms with Crippen molar-refractivity contribution < 1.29 is 14.7 Å². The highest BCUT2D eigenvalue weighted by Gasteiger charge is 2.19. The number of aliphatic hydroxyl groups is 1. The van der Waals surface area contributed by atoms with E-state index in [4.69, 9.17) is 0 Å². The summed E-state index contributed by atoms with van der Waals surface area (Å²) in [5.41, 5.74) is 0.633. The van der Waals surface area contributed by atoms with Gasteiger partial charge in [-0.15, -0.1) is 0 Å². The summed E-state index contributed by atoms with van der Waals surface area (Å²) in [6, 6.07) is 7.04. The van der Waals surface area contributed by atoms with Gasteiger partial charge in [0.25, 0.3) is 5.91 Å². The number of hydrogen-bond acceptors (Lipinski definition) is 3. The Morgan fingerprint density at radius 3 is 2.60 bits per heavy atom. The van der Waals surface area contributed by atoms with Crippen LogP contribution in [-0.4, -0.2) is 47.2 Å². The number of amides is 3. The maximum Gasteiger partial charge on any atom is 0.315 e. The van der Waals surface area contributed by atoms with Crippen LogP contribution in [0.15, 0.2) is 24.3 Å². The lowest BCUT2D eigenvalue weighted by molar-refractivity contribution is 0.0581. The van der Waals surface area contributed by atoms with Crippen LogP contribution < -0.4 is 10.6 Å². The van der Waals surface area contributed by atoms with Gasteiger partial charge in [0.1, 0.15) is 0 Å². The molecular formula is C19H29N3O3. The molecule has 0 aliphatic carbocycles. The van der Waals surface area contributed by atoms with E-state index in [0.29, 0.717) is 18.5 Å². The highest BCUT2D eigenvalue weighted by molar-refractivity contribution is 5.94. The van der Waals surface area contributed by atoms with E-state index in [1.165, 1.54) is 6.42 Å². The van der Waals surface area contributed by atoms with E-state index >= 15 is 0 Å². The molecule has 1 heterocycles. The second kappa shape index (κ2) is 8.85. The van der Waals surface area contributed by atoms with E-state index in [2.05, 4.69) is 10.6 Å². The van der Waals surface area contributed by atoms with Crippen molar-refractivity contribution in [1.29, 1.82) is 0 Å². The minimum absolute atomic E-state index is 0.0602. The van der Waals surface area contributed by atoms with E-state index in [-0.39, 0.29) is 18.5 Å². The van der Waals surface area contributed by atoms with Gasteiger partial charge in [0.05, 0.1) is 5.60 Å². The van der Waals surface area contributed by atoms with Crippen LogP contribution in [0.5, 0.6) is 0 Å². The Balaban J connectivity index is 1.86. The zero-order chi connectivity index (χ0) is 18.3. The van der Waals surface area contributed by atoms with Crippen LogP contribution in [0.3, 0.4) is 0 Å². The third-order valence-electron chi connectivity index (χ3n) is 4.66. The Morgan fingerprint density at radius 1 is 1.20 bits per heavy atom. The predicted octanol–water partition coefficient (Wildman–Crippen LogP) is 2.27. The van der Waals surface area contributed by atoms with E-state index in [1.807, 2.05) is 36.1 Å². The molecule has 6 heteroatoms. The van der Waals surface area contributed by atoms with E-state index in [9.17, 15) is 14.7 Å². The number of rotatable bonds is 6. The van der Waals surface area contributed by atoms with Gasteiger partial charge in [-0.05, 0) is 50.3 Å². The van der Waals surface area contributed by atoms with Crippen LogP contribution in [0, 0.1) is 0 Å². The fraction of sp³-hybridized carbons (Fsp3) is 0.579. The molecule has 0 aromatic heterocycles. The summed E-state index contributed by atoms with van der Waals surface area (Å²) in [6.45, 7) is 5.72. The van der Waals surface area contributed by atoms with Crippen molar-refractivity contribution in [3.8, 4) is 0 Å². The normalized spacial score (nSPS) is 16.8. The molecule has 138 valence electrons. The summed E-state index contributed by atoms with van der Waals surface area (Å²) in [5.74, 6) is 0.0602. The molecule has 0 unspecified atom stereocenters. The number of piperidine rings is 1. The van der Waals surface area contributed by atoms with Crippen molar-refractivity contribution in [2.75, 3.05) is 19.6 Å². The fourth-order valence-corrected chi connectivity index (χ4v) is 2.73. The topological polar surface area (TPSA) is 81.7 Å². The van der Waals surface area contributed by atoms with Crippen LogP contribution in [-0.2, 0) is 6.54 Å². The Kier molecular flexibility index (Phi) is 6.82. The molecule has 0 saturated carbocycles. The molecule has 0 bridgehead atoms. The maximum atomic E-state index is 12.5. The Morgan fingerprint density at radius 2 is 1.92 bits per heavy atom. The summed E-state index contributed by atoms with van der Waals surface area (Å²) >= 11 is 0. The Bertz CT molecular complexity index is 595. The van der Waals surface area contributed by atoms with Gasteiger partial charge in [0.15, 0.2) is 0 Å². The average molecular weight is 347 g/mol. The number of carbonyl (C=O) groups is 2. The minimum Gasteiger partial charge on any atom is -0.388 e. The molecule has 3 N–H and O–H groups in total. The maximum absolute atomic E-state index is 12.5. The van der Waals surface area contributed by atoms with Crippen LogP contribution in [0.2, 0.25) is 0 Å². The van der Waals surface area contributed by atoms with E-state index in [0.717, 1.165) is 31.5 Å². The smallest absolute Gasteiger partial charge is 0.315 e. The van der Waals surface area contributed by atoms with Crippen molar-refractivity contribution in [2.45, 2.75) is 51.7 Å². The van der Waals surface area contributed by atoms with Gasteiger partial charge in [-0.1, -0.05) is 19.1 Å². The lowest BCUT2D eigenvalue weighted by atomic mass is 10.0. The molecule has 6 nitrogen and oxygen atoms in total. The predicted molar refractivity (Wildman–Crippen MR) is 97.3 cm³/mol. The summed E-state index contributed by atoms with van der Waals surface area (Å²) < 4.78 is 0. The van der Waals surface area contributed by atoms with Gasteiger partial charge in [-0.25, -0.2) is 4.79 Å². The molecule has 1 aliphatic rings. The van der Waals surface area contributed by atoms with E-state index < -0.39 is 5.60 Å². The van der Waals surface area contributed by atoms with Crippen molar-refractivity contribution in [2.24, 2.45) is 0 Å². The first-order chi connectivity index (χ1) is 11.9. The number of carbonyl (C=O) groups excluding carboxylic acids is 2. The van der Waals surface area contributed by atoms with Crippen molar-refractivity contribution >= 4 is 11.9 Å². The largest absolute Gasteiger partial charge is 0.388 e. The van der Waals surface area contributed by atoms with Gasteiger partial charge < -0.3 is 20.6 Å². The zero-order valence-electron chi connectivity index (χ0n) is 15.2. The lowest BCUT2D eigenvalue weighted by Crippen LogP contribution is -2.44. The molecular weight excluding hydrogens is 318 g/mol. The molecule has 1 saturated heterocycles. The zero-order valence-corrected chi connectivity index (χ0v) is 15.2. The average Bonchev–Trinajstić information content (AvgIpc) is 2.65. The van der Waals surface area contributed by atoms with Crippen LogP contribution >= 0.6 is 0 Å². The second-order valence-corrected chi connectivity index (χ2v) is 6.94. The van der Waals surface area contributed by atoms with Crippen molar-refractivity contribution in [3.05, 3.63) is 35.4 Å². The summed E-state index contributed by atoms with van der Waals surface area (Å²) in [4.78, 5) is 26.3. The first-order valence-electron chi connectivity index (χ1n) is 9.03. The third-order valence-corrected chi connectivity index (χ3v) is 4.66. The van der Waals surface area contributed by atoms with Crippen LogP contribution in [0.1, 0.15) is 55.5 Å². The highest BCUT2D eigenvalue weighted by Crippen LogP contribution is 2.14. The van der Waals surface area contributed by atoms with E-state index in [1.54, 1.807) is 6.92 Å². The number of benzene rings is 1. The molecule has 25 heavy (non-hydrogen) atoms. The third kappa shape index (κ3) is 6.05. The molecule has 1 aromatic carbocycles. The number of likely N-dealkylation sites (tertiary alicyclic amines) is 1. The Labute approximate surface area is 149 Å². The van der Waals surface area contributed by atoms with Gasteiger partial charge in [0, 0.05) is 31.7 Å². The molecule has 1 atom stereocenters. The molecule has 1 aliphatic heterocycles. The standard InChI is InChI=1S/C19H29N3O3/c1-3-19(2,25)14-21-18(24)20-13-15-8-7-9-16(12-15)17(23)22-10-5-4-6-11-22/h7-9,12,25H,3-6,10-11,13-14H2,1-2H3,(H2,20,21,24)/t19-/m1/s1. The number of nitrogens with one attached hydrogen (secondary N) is 2. The van der Waals surface area contributed by atoms with Crippen LogP contribution in [0.25, 0.3) is 0 Å². The SMILES string of the molecule is CC[C@@](C)(O)CNC(=O)NCc1cccc(C(=O)N2CCCCC2)c1. The molecule has 1 fully saturated rings. The molecule has 0 spiro atoms. The summed E-state index contributed by atoms with van der Waals surface area (Å²) in [6.07, 6.45) is 3.88. The number of nitrogens with zero attached hydrogens (tertiary/aromatic N) is 1. The molecule has 0 radical (unpaired) electrons. The highest BCUT2D eigenvalue weighted by atomic mass is 16.3. The van der Waals surface area contributed by atoms with Gasteiger partial charge in [-0.3, -0.25) is 4.79 Å².